The molecule has 2 bridgehead atoms. The lowest BCUT2D eigenvalue weighted by atomic mass is 9.84. The minimum Gasteiger partial charge on any atom is -0.353 e. The molecule has 0 saturated heterocycles. The molecular formula is C27H27N3O2S3. The van der Waals surface area contributed by atoms with E-state index in [1.54, 1.807) is 15.9 Å². The van der Waals surface area contributed by atoms with Gasteiger partial charge in [0.05, 0.1) is 16.8 Å². The van der Waals surface area contributed by atoms with E-state index in [4.69, 9.17) is 4.98 Å². The molecular weight excluding hydrogens is 495 g/mol. The minimum atomic E-state index is -0.0934. The molecule has 35 heavy (non-hydrogen) atoms. The fraction of sp³-hybridized carbons (Fsp3) is 0.370. The number of hydrogen-bond acceptors (Lipinski definition) is 6. The summed E-state index contributed by atoms with van der Waals surface area (Å²) >= 11 is 4.43. The topological polar surface area (TPSA) is 64.0 Å². The molecule has 1 N–H and O–H groups in total. The third-order valence-electron chi connectivity index (χ3n) is 7.53. The Labute approximate surface area is 216 Å². The summed E-state index contributed by atoms with van der Waals surface area (Å²) in [6.07, 6.45) is 5.25. The third-order valence-corrected chi connectivity index (χ3v) is 10.2. The smallest absolute Gasteiger partial charge is 0.268 e. The van der Waals surface area contributed by atoms with Crippen LogP contribution in [0.1, 0.15) is 32.6 Å². The number of para-hydroxylation sites is 1. The lowest BCUT2D eigenvalue weighted by Gasteiger charge is -2.28. The van der Waals surface area contributed by atoms with Crippen molar-refractivity contribution < 1.29 is 4.79 Å². The van der Waals surface area contributed by atoms with Crippen LogP contribution in [-0.2, 0) is 4.79 Å². The number of amides is 1. The third kappa shape index (κ3) is 4.36. The second-order valence-corrected chi connectivity index (χ2v) is 12.4. The fourth-order valence-electron chi connectivity index (χ4n) is 5.93. The van der Waals surface area contributed by atoms with Crippen molar-refractivity contribution in [2.24, 2.45) is 17.8 Å². The maximum atomic E-state index is 13.8. The number of rotatable bonds is 7. The molecule has 8 heteroatoms. The predicted molar refractivity (Wildman–Crippen MR) is 146 cm³/mol. The molecule has 0 aliphatic heterocycles. The Balaban J connectivity index is 1.28. The number of thioether (sulfide) groups is 1. The Morgan fingerprint density at radius 3 is 2.74 bits per heavy atom. The standard InChI is InChI=1S/C27H27N3O2S3/c1-16(20-13-17-9-10-18(20)12-17)28-23(31)15-35-27-29-25-24(21(14-34-25)22-8-5-11-33-22)26(32)30(27)19-6-3-2-4-7-19/h2-8,11,14,16-18,20H,9-10,12-13,15H2,1H3,(H,28,31)/t16-,17+,18+,20+/m0/s1. The second kappa shape index (κ2) is 9.56. The summed E-state index contributed by atoms with van der Waals surface area (Å²) in [6, 6.07) is 13.8. The minimum absolute atomic E-state index is 0.00434. The zero-order valence-corrected chi connectivity index (χ0v) is 21.9. The van der Waals surface area contributed by atoms with Gasteiger partial charge in [0.1, 0.15) is 4.83 Å². The Morgan fingerprint density at radius 2 is 2.03 bits per heavy atom. The first kappa shape index (κ1) is 23.0. The van der Waals surface area contributed by atoms with Crippen LogP contribution in [0.25, 0.3) is 26.3 Å². The number of benzene rings is 1. The van der Waals surface area contributed by atoms with E-state index in [0.29, 0.717) is 21.3 Å². The summed E-state index contributed by atoms with van der Waals surface area (Å²) < 4.78 is 1.66. The Bertz CT molecular complexity index is 1410. The Hall–Kier alpha value is -2.42. The van der Waals surface area contributed by atoms with Crippen molar-refractivity contribution in [3.05, 3.63) is 63.6 Å². The molecule has 2 aliphatic rings. The molecule has 6 rings (SSSR count). The number of fused-ring (bicyclic) bond motifs is 3. The van der Waals surface area contributed by atoms with Crippen LogP contribution in [0.15, 0.2) is 63.2 Å². The molecule has 5 nitrogen and oxygen atoms in total. The largest absolute Gasteiger partial charge is 0.353 e. The van der Waals surface area contributed by atoms with Crippen LogP contribution in [0, 0.1) is 17.8 Å². The lowest BCUT2D eigenvalue weighted by Crippen LogP contribution is -2.41. The average molecular weight is 522 g/mol. The summed E-state index contributed by atoms with van der Waals surface area (Å²) in [4.78, 5) is 33.4. The lowest BCUT2D eigenvalue weighted by molar-refractivity contribution is -0.119. The molecule has 2 aliphatic carbocycles. The molecule has 180 valence electrons. The molecule has 3 heterocycles. The van der Waals surface area contributed by atoms with Gasteiger partial charge < -0.3 is 5.32 Å². The van der Waals surface area contributed by atoms with Crippen molar-refractivity contribution in [3.63, 3.8) is 0 Å². The van der Waals surface area contributed by atoms with Gasteiger partial charge in [0.2, 0.25) is 5.91 Å². The van der Waals surface area contributed by atoms with Gasteiger partial charge in [-0.15, -0.1) is 22.7 Å². The molecule has 0 spiro atoms. The molecule has 0 unspecified atom stereocenters. The van der Waals surface area contributed by atoms with E-state index in [0.717, 1.165) is 28.0 Å². The van der Waals surface area contributed by atoms with E-state index in [1.807, 2.05) is 53.2 Å². The van der Waals surface area contributed by atoms with Crippen LogP contribution < -0.4 is 10.9 Å². The van der Waals surface area contributed by atoms with E-state index < -0.39 is 0 Å². The van der Waals surface area contributed by atoms with Gasteiger partial charge in [-0.2, -0.15) is 0 Å². The van der Waals surface area contributed by atoms with Crippen molar-refractivity contribution in [2.45, 2.75) is 43.8 Å². The summed E-state index contributed by atoms with van der Waals surface area (Å²) in [5.41, 5.74) is 1.59. The van der Waals surface area contributed by atoms with Crippen LogP contribution in [-0.4, -0.2) is 27.3 Å². The number of thiophene rings is 2. The van der Waals surface area contributed by atoms with Gasteiger partial charge in [-0.1, -0.05) is 42.4 Å². The first-order chi connectivity index (χ1) is 17.1. The average Bonchev–Trinajstić information content (AvgIpc) is 3.67. The van der Waals surface area contributed by atoms with Gasteiger partial charge in [0.25, 0.3) is 5.56 Å². The normalized spacial score (nSPS) is 22.0. The van der Waals surface area contributed by atoms with Crippen LogP contribution in [0.3, 0.4) is 0 Å². The van der Waals surface area contributed by atoms with Crippen molar-refractivity contribution in [3.8, 4) is 16.1 Å². The molecule has 4 aromatic rings. The molecule has 1 amide bonds. The van der Waals surface area contributed by atoms with Crippen molar-refractivity contribution >= 4 is 50.6 Å². The summed E-state index contributed by atoms with van der Waals surface area (Å²) in [5, 5.41) is 8.46. The Morgan fingerprint density at radius 1 is 1.17 bits per heavy atom. The van der Waals surface area contributed by atoms with Gasteiger partial charge in [0, 0.05) is 21.9 Å². The quantitative estimate of drug-likeness (QED) is 0.232. The monoisotopic (exact) mass is 521 g/mol. The van der Waals surface area contributed by atoms with E-state index in [9.17, 15) is 9.59 Å². The van der Waals surface area contributed by atoms with Gasteiger partial charge in [-0.05, 0) is 67.5 Å². The maximum absolute atomic E-state index is 13.8. The number of nitrogens with one attached hydrogen (secondary N) is 1. The summed E-state index contributed by atoms with van der Waals surface area (Å²) in [5.74, 6) is 2.47. The van der Waals surface area contributed by atoms with Crippen LogP contribution in [0.4, 0.5) is 0 Å². The van der Waals surface area contributed by atoms with Gasteiger partial charge >= 0.3 is 0 Å². The highest BCUT2D eigenvalue weighted by Crippen LogP contribution is 2.49. The van der Waals surface area contributed by atoms with E-state index in [2.05, 4.69) is 12.2 Å². The molecule has 2 fully saturated rings. The number of hydrogen-bond donors (Lipinski definition) is 1. The van der Waals surface area contributed by atoms with E-state index in [1.165, 1.54) is 48.8 Å². The highest BCUT2D eigenvalue weighted by Gasteiger charge is 2.42. The zero-order valence-electron chi connectivity index (χ0n) is 19.5. The zero-order chi connectivity index (χ0) is 23.9. The number of aromatic nitrogens is 2. The van der Waals surface area contributed by atoms with Crippen molar-refractivity contribution in [2.75, 3.05) is 5.75 Å². The number of carbonyl (C=O) groups is 1. The fourth-order valence-corrected chi connectivity index (χ4v) is 8.55. The molecule has 4 atom stereocenters. The predicted octanol–water partition coefficient (Wildman–Crippen LogP) is 6.21. The summed E-state index contributed by atoms with van der Waals surface area (Å²) in [6.45, 7) is 2.15. The van der Waals surface area contributed by atoms with E-state index in [-0.39, 0.29) is 23.3 Å². The van der Waals surface area contributed by atoms with Gasteiger partial charge in [-0.3, -0.25) is 14.2 Å². The highest BCUT2D eigenvalue weighted by molar-refractivity contribution is 7.99. The van der Waals surface area contributed by atoms with Gasteiger partial charge in [0.15, 0.2) is 5.16 Å². The number of nitrogens with zero attached hydrogens (tertiary/aromatic N) is 2. The van der Waals surface area contributed by atoms with Gasteiger partial charge in [-0.25, -0.2) is 4.98 Å². The molecule has 3 aromatic heterocycles. The molecule has 2 saturated carbocycles. The van der Waals surface area contributed by atoms with Crippen LogP contribution in [0.5, 0.6) is 0 Å². The molecule has 0 radical (unpaired) electrons. The van der Waals surface area contributed by atoms with Crippen molar-refractivity contribution in [1.82, 2.24) is 14.9 Å². The van der Waals surface area contributed by atoms with E-state index >= 15 is 0 Å². The first-order valence-electron chi connectivity index (χ1n) is 12.1. The first-order valence-corrected chi connectivity index (χ1v) is 14.9. The van der Waals surface area contributed by atoms with Crippen LogP contribution >= 0.6 is 34.4 Å². The van der Waals surface area contributed by atoms with Crippen LogP contribution in [0.2, 0.25) is 0 Å². The second-order valence-electron chi connectivity index (χ2n) is 9.66. The van der Waals surface area contributed by atoms with Crippen molar-refractivity contribution in [1.29, 1.82) is 0 Å². The SMILES string of the molecule is C[C@H](NC(=O)CSc1nc2scc(-c3cccs3)c2c(=O)n1-c1ccccc1)[C@H]1C[C@@H]2CC[C@@H]1C2. The number of carbonyl (C=O) groups excluding carboxylic acids is 1. The Kier molecular flexibility index (Phi) is 6.28. The highest BCUT2D eigenvalue weighted by atomic mass is 32.2. The summed E-state index contributed by atoms with van der Waals surface area (Å²) in [7, 11) is 0. The maximum Gasteiger partial charge on any atom is 0.268 e. The molecule has 1 aromatic carbocycles.